The minimum Gasteiger partial charge on any atom is -0.478 e. The van der Waals surface area contributed by atoms with E-state index in [0.717, 1.165) is 12.1 Å². The molecule has 10 N–H and O–H groups in total. The number of hydrogen-bond acceptors (Lipinski definition) is 12. The first-order chi connectivity index (χ1) is 18.7. The fourth-order valence-electron chi connectivity index (χ4n) is 2.83. The van der Waals surface area contributed by atoms with Crippen molar-refractivity contribution in [3.63, 3.8) is 0 Å². The summed E-state index contributed by atoms with van der Waals surface area (Å²) in [5.74, 6) is -4.61. The molecule has 0 fully saturated rings. The number of rotatable bonds is 4. The number of benzene rings is 3. The van der Waals surface area contributed by atoms with E-state index in [1.165, 1.54) is 42.5 Å². The molecule has 0 atom stereocenters. The van der Waals surface area contributed by atoms with Crippen LogP contribution >= 0.6 is 0 Å². The fraction of sp³-hybridized carbons (Fsp3) is 0. The summed E-state index contributed by atoms with van der Waals surface area (Å²) < 4.78 is 12.2. The van der Waals surface area contributed by atoms with Crippen LogP contribution in [0.5, 0.6) is 0 Å². The molecule has 0 aliphatic heterocycles. The van der Waals surface area contributed by atoms with Crippen LogP contribution in [0.25, 0.3) is 10.8 Å². The van der Waals surface area contributed by atoms with Crippen LogP contribution in [0.1, 0.15) is 41.4 Å². The Hall–Kier alpha value is -5.61. The third-order valence-corrected chi connectivity index (χ3v) is 4.78. The van der Waals surface area contributed by atoms with E-state index in [-0.39, 0.29) is 71.8 Å². The Balaban J connectivity index is 0.000000304. The summed E-state index contributed by atoms with van der Waals surface area (Å²) >= 11 is 0. The number of carboxylic acids is 4. The van der Waals surface area contributed by atoms with Gasteiger partial charge in [-0.2, -0.15) is 0 Å². The zero-order valence-electron chi connectivity index (χ0n) is 20.4. The third kappa shape index (κ3) is 8.98. The molecular weight excluding hydrogens is 586 g/mol. The summed E-state index contributed by atoms with van der Waals surface area (Å²) in [6, 6.07) is 11.0. The molecule has 0 amide bonds. The second-order valence-electron chi connectivity index (χ2n) is 7.44. The normalized spacial score (nSPS) is 9.56. The van der Waals surface area contributed by atoms with E-state index >= 15 is 0 Å². The van der Waals surface area contributed by atoms with Crippen LogP contribution < -0.4 is 28.5 Å². The van der Waals surface area contributed by atoms with Crippen molar-refractivity contribution in [3.05, 3.63) is 97.7 Å². The van der Waals surface area contributed by atoms with Gasteiger partial charge in [0.1, 0.15) is 0 Å². The monoisotopic (exact) mass is 605 g/mol. The minimum absolute atomic E-state index is 0. The zero-order chi connectivity index (χ0) is 30.1. The molecule has 3 aromatic carbocycles. The van der Waals surface area contributed by atoms with Crippen LogP contribution in [0.4, 0.5) is 17.1 Å². The SMILES string of the molecule is Nc1cc(C(=O)O)ccc1C(=O)O.Nc1cc(C(=O)O)ccc1C(=O)O.Nc1cc2ccc1c(=O)oooc2=O.[Ti]. The van der Waals surface area contributed by atoms with Gasteiger partial charge < -0.3 is 37.6 Å². The number of aromatic carboxylic acids is 4. The van der Waals surface area contributed by atoms with Crippen molar-refractivity contribution in [3.8, 4) is 0 Å². The van der Waals surface area contributed by atoms with Gasteiger partial charge in [0.15, 0.2) is 0 Å². The molecule has 41 heavy (non-hydrogen) atoms. The van der Waals surface area contributed by atoms with Crippen molar-refractivity contribution in [1.82, 2.24) is 0 Å². The molecule has 0 aliphatic rings. The van der Waals surface area contributed by atoms with E-state index in [1.54, 1.807) is 0 Å². The summed E-state index contributed by atoms with van der Waals surface area (Å²) in [4.78, 5) is 64.0. The predicted octanol–water partition coefficient (Wildman–Crippen LogP) is 1.81. The fourth-order valence-corrected chi connectivity index (χ4v) is 2.83. The van der Waals surface area contributed by atoms with Crippen molar-refractivity contribution in [2.24, 2.45) is 0 Å². The molecular formula is C24H19N3O13Ti. The molecule has 212 valence electrons. The molecule has 2 heterocycles. The van der Waals surface area contributed by atoms with E-state index in [4.69, 9.17) is 37.6 Å². The van der Waals surface area contributed by atoms with E-state index in [9.17, 15) is 28.8 Å². The third-order valence-electron chi connectivity index (χ3n) is 4.78. The number of carboxylic acid groups (broad SMARTS) is 4. The van der Waals surface area contributed by atoms with Crippen LogP contribution in [-0.2, 0) is 21.7 Å². The van der Waals surface area contributed by atoms with Gasteiger partial charge in [-0.1, -0.05) is 4.74 Å². The summed E-state index contributed by atoms with van der Waals surface area (Å²) in [5, 5.41) is 34.5. The van der Waals surface area contributed by atoms with E-state index < -0.39 is 35.1 Å². The first kappa shape index (κ1) is 33.4. The first-order valence-electron chi connectivity index (χ1n) is 10.4. The van der Waals surface area contributed by atoms with Crippen LogP contribution in [0, 0.1) is 0 Å². The predicted molar refractivity (Wildman–Crippen MR) is 136 cm³/mol. The van der Waals surface area contributed by atoms with Crippen LogP contribution in [0.3, 0.4) is 0 Å². The average Bonchev–Trinajstić information content (AvgIpc) is 2.97. The number of nitrogen functional groups attached to an aromatic ring is 3. The first-order valence-corrected chi connectivity index (χ1v) is 10.4. The molecule has 5 rings (SSSR count). The quantitative estimate of drug-likeness (QED) is 0.0990. The van der Waals surface area contributed by atoms with Gasteiger partial charge in [-0.25, -0.2) is 37.9 Å². The zero-order valence-corrected chi connectivity index (χ0v) is 22.0. The van der Waals surface area contributed by atoms with Crippen molar-refractivity contribution >= 4 is 51.7 Å². The summed E-state index contributed by atoms with van der Waals surface area (Å²) in [6.07, 6.45) is 0. The van der Waals surface area contributed by atoms with Gasteiger partial charge in [-0.15, -0.1) is 0 Å². The minimum atomic E-state index is -1.17. The summed E-state index contributed by atoms with van der Waals surface area (Å²) in [6.45, 7) is 0. The van der Waals surface area contributed by atoms with Crippen molar-refractivity contribution in [2.45, 2.75) is 0 Å². The largest absolute Gasteiger partial charge is 0.478 e. The molecule has 0 spiro atoms. The van der Waals surface area contributed by atoms with Crippen molar-refractivity contribution in [1.29, 1.82) is 0 Å². The molecule has 5 aromatic rings. The van der Waals surface area contributed by atoms with Gasteiger partial charge in [-0.05, 0) is 54.6 Å². The Labute approximate surface area is 241 Å². The summed E-state index contributed by atoms with van der Waals surface area (Å²) in [7, 11) is 0. The second kappa shape index (κ2) is 14.5. The number of hydrogen-bond donors (Lipinski definition) is 7. The average molecular weight is 605 g/mol. The van der Waals surface area contributed by atoms with Gasteiger partial charge in [0, 0.05) is 38.8 Å². The molecule has 0 unspecified atom stereocenters. The Bertz CT molecular complexity index is 1680. The number of nitrogens with two attached hydrogens (primary N) is 3. The van der Waals surface area contributed by atoms with Crippen LogP contribution in [-0.4, -0.2) is 44.3 Å². The second-order valence-corrected chi connectivity index (χ2v) is 7.44. The molecule has 2 bridgehead atoms. The Kier molecular flexibility index (Phi) is 11.8. The Morgan fingerprint density at radius 3 is 1.37 bits per heavy atom. The maximum absolute atomic E-state index is 11.1. The van der Waals surface area contributed by atoms with Gasteiger partial charge in [0.2, 0.25) is 0 Å². The van der Waals surface area contributed by atoms with Crippen molar-refractivity contribution < 1.29 is 75.2 Å². The Morgan fingerprint density at radius 1 is 0.561 bits per heavy atom. The smallest absolute Gasteiger partial charge is 0.392 e. The molecule has 0 saturated heterocycles. The number of anilines is 3. The van der Waals surface area contributed by atoms with Gasteiger partial charge >= 0.3 is 35.1 Å². The topological polar surface area (TPSA) is 301 Å². The molecule has 0 aliphatic carbocycles. The molecule has 0 saturated carbocycles. The maximum Gasteiger partial charge on any atom is 0.392 e. The van der Waals surface area contributed by atoms with Crippen LogP contribution in [0.2, 0.25) is 0 Å². The molecule has 2 aromatic heterocycles. The standard InChI is InChI=1S/C8H5NO5.2C8H7NO4.Ti/c9-6-3-4-1-2-5(6)8(11)13-14-12-7(4)10;2*9-6-3-4(7(10)11)1-2-5(6)8(12)13;/h1-3H,9H2;2*1-3H,9H2,(H,10,11)(H,12,13);. The van der Waals surface area contributed by atoms with E-state index in [2.05, 4.69) is 13.9 Å². The molecule has 17 heteroatoms. The number of carbonyl (C=O) groups is 4. The van der Waals surface area contributed by atoms with Crippen LogP contribution in [0.15, 0.2) is 78.1 Å². The van der Waals surface area contributed by atoms with Gasteiger partial charge in [0.25, 0.3) is 0 Å². The maximum atomic E-state index is 11.1. The van der Waals surface area contributed by atoms with E-state index in [0.29, 0.717) is 0 Å². The Morgan fingerprint density at radius 2 is 1.00 bits per heavy atom. The van der Waals surface area contributed by atoms with Crippen molar-refractivity contribution in [2.75, 3.05) is 17.2 Å². The molecule has 16 nitrogen and oxygen atoms in total. The molecule has 0 radical (unpaired) electrons. The van der Waals surface area contributed by atoms with E-state index in [1.807, 2.05) is 0 Å². The van der Waals surface area contributed by atoms with Gasteiger partial charge in [0.05, 0.1) is 33.0 Å². The summed E-state index contributed by atoms with van der Waals surface area (Å²) in [5.41, 5.74) is 14.3. The van der Waals surface area contributed by atoms with Gasteiger partial charge in [-0.3, -0.25) is 0 Å². The number of fused-ring (bicyclic) bond motifs is 6.